The maximum Gasteiger partial charge on any atom is 0.410 e. The summed E-state index contributed by atoms with van der Waals surface area (Å²) >= 11 is 0. The van der Waals surface area contributed by atoms with Crippen LogP contribution in [0.5, 0.6) is 0 Å². The zero-order valence-electron chi connectivity index (χ0n) is 31.5. The quantitative estimate of drug-likeness (QED) is 0.250. The number of likely N-dealkylation sites (tertiary alicyclic amines) is 1. The summed E-state index contributed by atoms with van der Waals surface area (Å²) in [6.07, 6.45) is -0.389. The van der Waals surface area contributed by atoms with Crippen LogP contribution in [0.2, 0.25) is 0 Å². The first-order valence-electron chi connectivity index (χ1n) is 18.3. The molecular weight excluding hydrogens is 725 g/mol. The van der Waals surface area contributed by atoms with Gasteiger partial charge in [-0.2, -0.15) is 0 Å². The van der Waals surface area contributed by atoms with E-state index < -0.39 is 80.3 Å². The highest BCUT2D eigenvalue weighted by Crippen LogP contribution is 2.47. The van der Waals surface area contributed by atoms with Crippen molar-refractivity contribution in [2.24, 2.45) is 5.92 Å². The Morgan fingerprint density at radius 3 is 2.39 bits per heavy atom. The number of hydrogen-bond donors (Lipinski definition) is 3. The number of nitrogens with zero attached hydrogens (tertiary/aromatic N) is 2. The minimum Gasteiger partial charge on any atom is -0.444 e. The molecule has 4 aliphatic rings. The summed E-state index contributed by atoms with van der Waals surface area (Å²) in [5.41, 5.74) is -0.760. The molecule has 3 fully saturated rings. The number of ether oxygens (including phenoxy) is 2. The van der Waals surface area contributed by atoms with Crippen LogP contribution in [-0.2, 0) is 51.8 Å². The number of ketones is 1. The first kappa shape index (κ1) is 40.6. The Morgan fingerprint density at radius 1 is 1.09 bits per heavy atom. The second kappa shape index (κ2) is 15.7. The summed E-state index contributed by atoms with van der Waals surface area (Å²) in [6, 6.07) is 1.86. The first-order chi connectivity index (χ1) is 25.2. The number of nitrogens with one attached hydrogen (secondary N) is 3. The molecule has 2 aliphatic carbocycles. The molecule has 296 valence electrons. The van der Waals surface area contributed by atoms with Crippen LogP contribution in [0.15, 0.2) is 29.8 Å². The number of hydrogen-bond acceptors (Lipinski definition) is 10. The number of benzene rings is 1. The third-order valence-electron chi connectivity index (χ3n) is 9.97. The van der Waals surface area contributed by atoms with Crippen LogP contribution in [0.25, 0.3) is 0 Å². The summed E-state index contributed by atoms with van der Waals surface area (Å²) in [4.78, 5) is 83.4. The van der Waals surface area contributed by atoms with Crippen molar-refractivity contribution in [1.82, 2.24) is 25.2 Å². The van der Waals surface area contributed by atoms with Crippen molar-refractivity contribution >= 4 is 45.7 Å². The summed E-state index contributed by atoms with van der Waals surface area (Å²) in [5.74, 6) is -3.55. The SMILES string of the molecule is CC[C@@H]1C[C@]1(NC(=O)[C@@H]1C[C@@H](OC(=O)N2Cc3cccc(F)c3C2)CN1C(=O)[C@H](CCC(=O)C=C(C)C)NC(=O)OC(C)(C)C)C(=O)NS(=O)(=O)C1CC1. The summed E-state index contributed by atoms with van der Waals surface area (Å²) in [6.45, 7) is 9.95. The minimum absolute atomic E-state index is 0.0402. The van der Waals surface area contributed by atoms with E-state index in [2.05, 4.69) is 15.4 Å². The number of halogens is 1. The van der Waals surface area contributed by atoms with Gasteiger partial charge in [-0.05, 0) is 83.9 Å². The van der Waals surface area contributed by atoms with Crippen molar-refractivity contribution in [3.8, 4) is 0 Å². The van der Waals surface area contributed by atoms with Gasteiger partial charge in [-0.15, -0.1) is 0 Å². The van der Waals surface area contributed by atoms with Gasteiger partial charge in [0.05, 0.1) is 18.3 Å². The van der Waals surface area contributed by atoms with Crippen molar-refractivity contribution in [2.75, 3.05) is 6.54 Å². The maximum absolute atomic E-state index is 14.4. The number of alkyl carbamates (subject to hydrolysis) is 1. The van der Waals surface area contributed by atoms with Gasteiger partial charge in [0, 0.05) is 24.9 Å². The monoisotopic (exact) mass is 775 g/mol. The molecule has 15 nitrogen and oxygen atoms in total. The van der Waals surface area contributed by atoms with Crippen molar-refractivity contribution < 1.29 is 51.0 Å². The normalized spacial score (nSPS) is 23.8. The lowest BCUT2D eigenvalue weighted by atomic mass is 10.0. The van der Waals surface area contributed by atoms with Crippen molar-refractivity contribution in [1.29, 1.82) is 0 Å². The predicted octanol–water partition coefficient (Wildman–Crippen LogP) is 3.35. The van der Waals surface area contributed by atoms with Crippen LogP contribution >= 0.6 is 0 Å². The molecule has 1 aromatic rings. The standard InChI is InChI=1S/C37H50FN5O10S/c1-7-23-17-37(23,33(47)41-54(50,51)26-12-13-26)40-31(45)30-16-25(52-35(49)42-18-22-9-8-10-28(38)27(22)20-42)19-43(30)32(46)29(14-11-24(44)15-21(2)3)39-34(48)53-36(4,5)6/h8-10,15,23,25-26,29-30H,7,11-14,16-20H2,1-6H3,(H,39,48)(H,40,45)(H,41,47)/t23-,25-,29+,30+,37-/m1/s1. The molecule has 17 heteroatoms. The fraction of sp³-hybridized carbons (Fsp3) is 0.622. The molecule has 0 spiro atoms. The van der Waals surface area contributed by atoms with Crippen LogP contribution in [-0.4, -0.2) is 95.0 Å². The lowest BCUT2D eigenvalue weighted by molar-refractivity contribution is -0.141. The van der Waals surface area contributed by atoms with Gasteiger partial charge in [0.15, 0.2) is 5.78 Å². The zero-order valence-corrected chi connectivity index (χ0v) is 32.3. The average Bonchev–Trinajstić information content (AvgIpc) is 3.96. The fourth-order valence-electron chi connectivity index (χ4n) is 6.99. The number of fused-ring (bicyclic) bond motifs is 1. The van der Waals surface area contributed by atoms with E-state index in [9.17, 15) is 41.6 Å². The van der Waals surface area contributed by atoms with Crippen LogP contribution in [0.4, 0.5) is 14.0 Å². The van der Waals surface area contributed by atoms with Gasteiger partial charge in [0.2, 0.25) is 21.8 Å². The molecule has 5 atom stereocenters. The Morgan fingerprint density at radius 2 is 1.80 bits per heavy atom. The Balaban J connectivity index is 1.39. The number of allylic oxidation sites excluding steroid dienone is 2. The molecule has 5 rings (SSSR count). The lowest BCUT2D eigenvalue weighted by Crippen LogP contribution is -2.58. The second-order valence-corrected chi connectivity index (χ2v) is 17.8. The van der Waals surface area contributed by atoms with Gasteiger partial charge >= 0.3 is 12.2 Å². The molecule has 5 amide bonds. The van der Waals surface area contributed by atoms with Crippen LogP contribution in [0, 0.1) is 11.7 Å². The third-order valence-corrected chi connectivity index (χ3v) is 11.8. The first-order valence-corrected chi connectivity index (χ1v) is 19.8. The van der Waals surface area contributed by atoms with E-state index in [1.54, 1.807) is 53.7 Å². The highest BCUT2D eigenvalue weighted by Gasteiger charge is 2.62. The Kier molecular flexibility index (Phi) is 11.8. The molecule has 54 heavy (non-hydrogen) atoms. The second-order valence-electron chi connectivity index (χ2n) is 15.9. The molecule has 1 saturated heterocycles. The largest absolute Gasteiger partial charge is 0.444 e. The van der Waals surface area contributed by atoms with Gasteiger partial charge in [0.1, 0.15) is 35.1 Å². The van der Waals surface area contributed by atoms with Crippen LogP contribution < -0.4 is 15.4 Å². The highest BCUT2D eigenvalue weighted by molar-refractivity contribution is 7.91. The van der Waals surface area contributed by atoms with Gasteiger partial charge in [-0.3, -0.25) is 28.8 Å². The molecule has 0 aromatic heterocycles. The Labute approximate surface area is 314 Å². The van der Waals surface area contributed by atoms with E-state index in [-0.39, 0.29) is 57.0 Å². The van der Waals surface area contributed by atoms with E-state index >= 15 is 0 Å². The average molecular weight is 776 g/mol. The molecule has 2 heterocycles. The lowest BCUT2D eigenvalue weighted by Gasteiger charge is -2.30. The maximum atomic E-state index is 14.4. The molecule has 0 unspecified atom stereocenters. The minimum atomic E-state index is -3.93. The van der Waals surface area contributed by atoms with Crippen molar-refractivity contribution in [2.45, 2.75) is 134 Å². The molecule has 3 N–H and O–H groups in total. The number of rotatable bonds is 13. The molecule has 2 aliphatic heterocycles. The number of carbonyl (C=O) groups is 6. The predicted molar refractivity (Wildman–Crippen MR) is 192 cm³/mol. The van der Waals surface area contributed by atoms with Crippen LogP contribution in [0.1, 0.15) is 97.6 Å². The molecular formula is C37H50FN5O10S. The van der Waals surface area contributed by atoms with E-state index in [4.69, 9.17) is 9.47 Å². The third kappa shape index (κ3) is 9.57. The van der Waals surface area contributed by atoms with Gasteiger partial charge in [-0.25, -0.2) is 22.4 Å². The van der Waals surface area contributed by atoms with Crippen LogP contribution in [0.3, 0.4) is 0 Å². The number of sulfonamides is 1. The molecule has 2 saturated carbocycles. The summed E-state index contributed by atoms with van der Waals surface area (Å²) < 4.78 is 53.1. The van der Waals surface area contributed by atoms with E-state index in [0.29, 0.717) is 30.4 Å². The number of carbonyl (C=O) groups excluding carboxylic acids is 6. The van der Waals surface area contributed by atoms with E-state index in [1.165, 1.54) is 17.0 Å². The summed E-state index contributed by atoms with van der Waals surface area (Å²) in [7, 11) is -3.93. The van der Waals surface area contributed by atoms with E-state index in [0.717, 1.165) is 10.5 Å². The van der Waals surface area contributed by atoms with E-state index in [1.807, 2.05) is 0 Å². The van der Waals surface area contributed by atoms with Crippen molar-refractivity contribution in [3.63, 3.8) is 0 Å². The Bertz CT molecular complexity index is 1840. The topological polar surface area (TPSA) is 198 Å². The highest BCUT2D eigenvalue weighted by atomic mass is 32.2. The summed E-state index contributed by atoms with van der Waals surface area (Å²) in [5, 5.41) is 4.59. The molecule has 0 bridgehead atoms. The van der Waals surface area contributed by atoms with Gasteiger partial charge < -0.3 is 25.0 Å². The zero-order chi connectivity index (χ0) is 39.7. The molecule has 0 radical (unpaired) electrons. The number of amides is 5. The van der Waals surface area contributed by atoms with Crippen molar-refractivity contribution in [3.05, 3.63) is 46.8 Å². The smallest absolute Gasteiger partial charge is 0.410 e. The Hall–Kier alpha value is -4.54. The van der Waals surface area contributed by atoms with Gasteiger partial charge in [-0.1, -0.05) is 31.1 Å². The fourth-order valence-corrected chi connectivity index (χ4v) is 8.35. The molecule has 1 aromatic carbocycles. The van der Waals surface area contributed by atoms with Gasteiger partial charge in [0.25, 0.3) is 5.91 Å².